The van der Waals surface area contributed by atoms with Crippen molar-refractivity contribution in [3.8, 4) is 0 Å². The number of benzene rings is 2. The Kier molecular flexibility index (Phi) is 4.97. The van der Waals surface area contributed by atoms with Crippen molar-refractivity contribution in [2.45, 2.75) is 24.8 Å². The molecule has 2 nitrogen and oxygen atoms in total. The van der Waals surface area contributed by atoms with Crippen LogP contribution in [-0.4, -0.2) is 9.96 Å². The number of hydrogen-bond donors (Lipinski definition) is 1. The van der Waals surface area contributed by atoms with E-state index in [9.17, 15) is 4.21 Å². The van der Waals surface area contributed by atoms with Crippen LogP contribution in [0.25, 0.3) is 0 Å². The third-order valence-corrected chi connectivity index (χ3v) is 5.03. The number of hydrogen-bond acceptors (Lipinski definition) is 2. The molecule has 0 aliphatic carbocycles. The van der Waals surface area contributed by atoms with Gasteiger partial charge in [-0.3, -0.25) is 4.21 Å². The number of halogens is 1. The van der Waals surface area contributed by atoms with E-state index in [4.69, 9.17) is 17.3 Å². The predicted molar refractivity (Wildman–Crippen MR) is 85.6 cm³/mol. The molecule has 0 amide bonds. The second kappa shape index (κ2) is 6.53. The van der Waals surface area contributed by atoms with Crippen LogP contribution in [-0.2, 0) is 10.8 Å². The highest BCUT2D eigenvalue weighted by molar-refractivity contribution is 7.85. The van der Waals surface area contributed by atoms with E-state index >= 15 is 0 Å². The normalized spacial score (nSPS) is 14.0. The van der Waals surface area contributed by atoms with Crippen molar-refractivity contribution in [1.29, 1.82) is 0 Å². The second-order valence-corrected chi connectivity index (χ2v) is 6.85. The highest BCUT2D eigenvalue weighted by atomic mass is 35.5. The van der Waals surface area contributed by atoms with Crippen molar-refractivity contribution in [3.05, 3.63) is 64.2 Å². The Morgan fingerprint density at radius 3 is 2.55 bits per heavy atom. The zero-order chi connectivity index (χ0) is 14.7. The van der Waals surface area contributed by atoms with E-state index in [-0.39, 0.29) is 6.04 Å². The zero-order valence-corrected chi connectivity index (χ0v) is 13.2. The maximum absolute atomic E-state index is 12.3. The fraction of sp³-hybridized carbons (Fsp3) is 0.250. The topological polar surface area (TPSA) is 43.1 Å². The lowest BCUT2D eigenvalue weighted by Gasteiger charge is -2.13. The van der Waals surface area contributed by atoms with Crippen LogP contribution in [0.2, 0.25) is 5.02 Å². The SMILES string of the molecule is Cc1ccc(C(N)CS(=O)c2cccc(Cl)c2)cc1C. The monoisotopic (exact) mass is 307 g/mol. The van der Waals surface area contributed by atoms with Gasteiger partial charge in [-0.05, 0) is 48.7 Å². The summed E-state index contributed by atoms with van der Waals surface area (Å²) in [5.74, 6) is 0.392. The van der Waals surface area contributed by atoms with Crippen LogP contribution in [0.5, 0.6) is 0 Å². The summed E-state index contributed by atoms with van der Waals surface area (Å²) in [4.78, 5) is 0.719. The van der Waals surface area contributed by atoms with E-state index in [1.54, 1.807) is 18.2 Å². The Morgan fingerprint density at radius 1 is 1.15 bits per heavy atom. The van der Waals surface area contributed by atoms with Gasteiger partial charge in [0.2, 0.25) is 0 Å². The molecule has 106 valence electrons. The minimum absolute atomic E-state index is 0.242. The lowest BCUT2D eigenvalue weighted by Crippen LogP contribution is -2.18. The molecule has 0 spiro atoms. The van der Waals surface area contributed by atoms with Crippen LogP contribution in [0.3, 0.4) is 0 Å². The molecule has 0 aliphatic rings. The van der Waals surface area contributed by atoms with Gasteiger partial charge in [0.1, 0.15) is 0 Å². The minimum Gasteiger partial charge on any atom is -0.323 e. The first kappa shape index (κ1) is 15.2. The van der Waals surface area contributed by atoms with Crippen LogP contribution in [0.15, 0.2) is 47.4 Å². The molecule has 20 heavy (non-hydrogen) atoms. The minimum atomic E-state index is -1.15. The molecule has 2 unspecified atom stereocenters. The van der Waals surface area contributed by atoms with Gasteiger partial charge in [-0.25, -0.2) is 0 Å². The van der Waals surface area contributed by atoms with Gasteiger partial charge < -0.3 is 5.73 Å². The zero-order valence-electron chi connectivity index (χ0n) is 11.6. The van der Waals surface area contributed by atoms with E-state index in [1.165, 1.54) is 11.1 Å². The number of nitrogens with two attached hydrogens (primary N) is 1. The summed E-state index contributed by atoms with van der Waals surface area (Å²) in [5, 5.41) is 0.593. The fourth-order valence-corrected chi connectivity index (χ4v) is 3.41. The maximum Gasteiger partial charge on any atom is 0.0549 e. The Balaban J connectivity index is 2.13. The molecule has 0 bridgehead atoms. The molecule has 0 radical (unpaired) electrons. The van der Waals surface area contributed by atoms with Crippen molar-refractivity contribution < 1.29 is 4.21 Å². The first-order valence-electron chi connectivity index (χ1n) is 6.44. The summed E-state index contributed by atoms with van der Waals surface area (Å²) in [6.07, 6.45) is 0. The van der Waals surface area contributed by atoms with Gasteiger partial charge in [-0.15, -0.1) is 0 Å². The Morgan fingerprint density at radius 2 is 1.90 bits per heavy atom. The van der Waals surface area contributed by atoms with Crippen LogP contribution in [0.4, 0.5) is 0 Å². The lowest BCUT2D eigenvalue weighted by atomic mass is 10.0. The molecule has 2 rings (SSSR count). The van der Waals surface area contributed by atoms with Crippen molar-refractivity contribution in [2.24, 2.45) is 5.73 Å². The molecule has 2 aromatic rings. The van der Waals surface area contributed by atoms with E-state index in [0.29, 0.717) is 10.8 Å². The van der Waals surface area contributed by atoms with Crippen molar-refractivity contribution in [1.82, 2.24) is 0 Å². The average molecular weight is 308 g/mol. The summed E-state index contributed by atoms with van der Waals surface area (Å²) < 4.78 is 12.3. The van der Waals surface area contributed by atoms with E-state index < -0.39 is 10.8 Å². The van der Waals surface area contributed by atoms with Gasteiger partial charge in [0.25, 0.3) is 0 Å². The summed E-state index contributed by atoms with van der Waals surface area (Å²) in [6, 6.07) is 13.0. The molecule has 0 fully saturated rings. The first-order valence-corrected chi connectivity index (χ1v) is 8.14. The van der Waals surface area contributed by atoms with Gasteiger partial charge in [-0.2, -0.15) is 0 Å². The van der Waals surface area contributed by atoms with Gasteiger partial charge in [-0.1, -0.05) is 35.9 Å². The summed E-state index contributed by atoms with van der Waals surface area (Å²) >= 11 is 5.91. The van der Waals surface area contributed by atoms with Gasteiger partial charge >= 0.3 is 0 Å². The Hall–Kier alpha value is -1.16. The smallest absolute Gasteiger partial charge is 0.0549 e. The molecular weight excluding hydrogens is 290 g/mol. The maximum atomic E-state index is 12.3. The van der Waals surface area contributed by atoms with Crippen LogP contribution >= 0.6 is 11.6 Å². The van der Waals surface area contributed by atoms with Crippen molar-refractivity contribution >= 4 is 22.4 Å². The van der Waals surface area contributed by atoms with E-state index in [1.807, 2.05) is 18.2 Å². The predicted octanol–water partition coefficient (Wildman–Crippen LogP) is 3.76. The standard InChI is InChI=1S/C16H18ClNOS/c1-11-6-7-13(8-12(11)2)16(18)10-20(19)15-5-3-4-14(17)9-15/h3-9,16H,10,18H2,1-2H3. The highest BCUT2D eigenvalue weighted by Crippen LogP contribution is 2.20. The average Bonchev–Trinajstić information content (AvgIpc) is 2.41. The molecule has 2 atom stereocenters. The Labute approximate surface area is 127 Å². The fourth-order valence-electron chi connectivity index (χ4n) is 1.96. The number of aryl methyl sites for hydroxylation is 2. The Bertz CT molecular complexity index is 642. The molecule has 0 saturated heterocycles. The van der Waals surface area contributed by atoms with Gasteiger partial charge in [0.15, 0.2) is 0 Å². The van der Waals surface area contributed by atoms with Crippen molar-refractivity contribution in [3.63, 3.8) is 0 Å². The third kappa shape index (κ3) is 3.69. The molecule has 4 heteroatoms. The second-order valence-electron chi connectivity index (χ2n) is 4.92. The van der Waals surface area contributed by atoms with Crippen LogP contribution < -0.4 is 5.73 Å². The molecule has 2 aromatic carbocycles. The van der Waals surface area contributed by atoms with Gasteiger partial charge in [0, 0.05) is 21.7 Å². The van der Waals surface area contributed by atoms with Crippen LogP contribution in [0, 0.1) is 13.8 Å². The molecule has 2 N–H and O–H groups in total. The van der Waals surface area contributed by atoms with E-state index in [2.05, 4.69) is 19.9 Å². The molecule has 0 aliphatic heterocycles. The lowest BCUT2D eigenvalue weighted by molar-refractivity contribution is 0.675. The summed E-state index contributed by atoms with van der Waals surface area (Å²) in [5.41, 5.74) is 9.62. The number of rotatable bonds is 4. The summed E-state index contributed by atoms with van der Waals surface area (Å²) in [6.45, 7) is 4.12. The third-order valence-electron chi connectivity index (χ3n) is 3.35. The molecule has 0 heterocycles. The first-order chi connectivity index (χ1) is 9.47. The van der Waals surface area contributed by atoms with Crippen LogP contribution in [0.1, 0.15) is 22.7 Å². The molecular formula is C16H18ClNOS. The van der Waals surface area contributed by atoms with Crippen molar-refractivity contribution in [2.75, 3.05) is 5.75 Å². The quantitative estimate of drug-likeness (QED) is 0.934. The van der Waals surface area contributed by atoms with Gasteiger partial charge in [0.05, 0.1) is 10.8 Å². The van der Waals surface area contributed by atoms with E-state index in [0.717, 1.165) is 10.5 Å². The highest BCUT2D eigenvalue weighted by Gasteiger charge is 2.13. The largest absolute Gasteiger partial charge is 0.323 e. The molecule has 0 saturated carbocycles. The summed E-state index contributed by atoms with van der Waals surface area (Å²) in [7, 11) is -1.15. The molecule has 0 aromatic heterocycles.